The number of halogens is 3. The molecule has 0 aromatic heterocycles. The number of piperidine rings is 1. The number of amides is 1. The number of carbonyl (C=O) groups excluding carboxylic acids is 1. The van der Waals surface area contributed by atoms with Gasteiger partial charge in [-0.2, -0.15) is 4.31 Å². The van der Waals surface area contributed by atoms with Crippen LogP contribution in [0, 0.1) is 5.92 Å². The van der Waals surface area contributed by atoms with Gasteiger partial charge >= 0.3 is 0 Å². The normalized spacial score (nSPS) is 18.3. The molecule has 0 spiro atoms. The van der Waals surface area contributed by atoms with Gasteiger partial charge in [-0.15, -0.1) is 0 Å². The van der Waals surface area contributed by atoms with Crippen molar-refractivity contribution in [1.82, 2.24) is 4.31 Å². The van der Waals surface area contributed by atoms with E-state index in [-0.39, 0.29) is 17.3 Å². The van der Waals surface area contributed by atoms with Gasteiger partial charge in [0.15, 0.2) is 0 Å². The molecule has 1 N–H and O–H groups in total. The van der Waals surface area contributed by atoms with Crippen molar-refractivity contribution in [3.8, 4) is 0 Å². The molecule has 0 aliphatic carbocycles. The second kappa shape index (κ2) is 8.37. The van der Waals surface area contributed by atoms with Crippen molar-refractivity contribution < 1.29 is 13.2 Å². The summed E-state index contributed by atoms with van der Waals surface area (Å²) in [5.41, 5.74) is 0.482. The van der Waals surface area contributed by atoms with Crippen LogP contribution in [-0.4, -0.2) is 31.7 Å². The van der Waals surface area contributed by atoms with Crippen LogP contribution in [0.5, 0.6) is 0 Å². The van der Waals surface area contributed by atoms with E-state index in [0.717, 1.165) is 0 Å². The fourth-order valence-corrected chi connectivity index (χ4v) is 5.18. The van der Waals surface area contributed by atoms with Crippen LogP contribution >= 0.6 is 34.8 Å². The average molecular weight is 448 g/mol. The smallest absolute Gasteiger partial charge is 0.243 e. The summed E-state index contributed by atoms with van der Waals surface area (Å²) in [5.74, 6) is -0.720. The molecule has 1 amide bonds. The van der Waals surface area contributed by atoms with E-state index in [2.05, 4.69) is 5.32 Å². The van der Waals surface area contributed by atoms with E-state index in [1.165, 1.54) is 28.6 Å². The SMILES string of the molecule is O=C(Nc1cc(Cl)cc(Cl)c1)[C@H]1CCCN(S(=O)(=O)c2ccc(Cl)cc2)C1. The monoisotopic (exact) mass is 446 g/mol. The van der Waals surface area contributed by atoms with E-state index in [4.69, 9.17) is 34.8 Å². The topological polar surface area (TPSA) is 66.5 Å². The summed E-state index contributed by atoms with van der Waals surface area (Å²) in [5, 5.41) is 4.05. The third kappa shape index (κ3) is 4.95. The number of hydrogen-bond acceptors (Lipinski definition) is 3. The molecule has 0 unspecified atom stereocenters. The minimum absolute atomic E-state index is 0.116. The molecule has 0 radical (unpaired) electrons. The molecule has 1 saturated heterocycles. The summed E-state index contributed by atoms with van der Waals surface area (Å²) < 4.78 is 27.0. The van der Waals surface area contributed by atoms with Crippen LogP contribution in [0.3, 0.4) is 0 Å². The van der Waals surface area contributed by atoms with Gasteiger partial charge in [0, 0.05) is 33.8 Å². The highest BCUT2D eigenvalue weighted by Gasteiger charge is 2.33. The number of carbonyl (C=O) groups is 1. The quantitative estimate of drug-likeness (QED) is 0.739. The first-order chi connectivity index (χ1) is 12.8. The van der Waals surface area contributed by atoms with Crippen molar-refractivity contribution in [2.24, 2.45) is 5.92 Å². The van der Waals surface area contributed by atoms with Gasteiger partial charge in [-0.3, -0.25) is 4.79 Å². The Hall–Kier alpha value is -1.31. The summed E-state index contributed by atoms with van der Waals surface area (Å²) in [6.45, 7) is 0.489. The maximum absolute atomic E-state index is 12.8. The van der Waals surface area contributed by atoms with E-state index < -0.39 is 15.9 Å². The fraction of sp³-hybridized carbons (Fsp3) is 0.278. The van der Waals surface area contributed by atoms with Crippen LogP contribution in [0.15, 0.2) is 47.4 Å². The van der Waals surface area contributed by atoms with E-state index in [1.807, 2.05) is 0 Å². The Morgan fingerprint density at radius 3 is 2.26 bits per heavy atom. The number of sulfonamides is 1. The Bertz CT molecular complexity index is 929. The van der Waals surface area contributed by atoms with Crippen molar-refractivity contribution in [3.05, 3.63) is 57.5 Å². The number of hydrogen-bond donors (Lipinski definition) is 1. The molecule has 1 atom stereocenters. The lowest BCUT2D eigenvalue weighted by Crippen LogP contribution is -2.43. The van der Waals surface area contributed by atoms with Crippen LogP contribution in [0.1, 0.15) is 12.8 Å². The summed E-state index contributed by atoms with van der Waals surface area (Å²) in [6, 6.07) is 10.8. The lowest BCUT2D eigenvalue weighted by atomic mass is 9.99. The van der Waals surface area contributed by atoms with Crippen molar-refractivity contribution >= 4 is 56.4 Å². The lowest BCUT2D eigenvalue weighted by molar-refractivity contribution is -0.120. The number of nitrogens with one attached hydrogen (secondary N) is 1. The summed E-state index contributed by atoms with van der Waals surface area (Å²) >= 11 is 17.7. The molecule has 27 heavy (non-hydrogen) atoms. The third-order valence-corrected chi connectivity index (χ3v) is 6.90. The predicted molar refractivity (Wildman–Crippen MR) is 108 cm³/mol. The average Bonchev–Trinajstić information content (AvgIpc) is 2.61. The minimum Gasteiger partial charge on any atom is -0.326 e. The van der Waals surface area contributed by atoms with Gasteiger partial charge in [0.05, 0.1) is 10.8 Å². The van der Waals surface area contributed by atoms with Gasteiger partial charge in [-0.1, -0.05) is 34.8 Å². The van der Waals surface area contributed by atoms with Crippen molar-refractivity contribution in [2.75, 3.05) is 18.4 Å². The summed E-state index contributed by atoms with van der Waals surface area (Å²) in [7, 11) is -3.68. The van der Waals surface area contributed by atoms with Gasteiger partial charge in [-0.05, 0) is 55.3 Å². The largest absolute Gasteiger partial charge is 0.326 e. The van der Waals surface area contributed by atoms with Crippen LogP contribution < -0.4 is 5.32 Å². The maximum Gasteiger partial charge on any atom is 0.243 e. The highest BCUT2D eigenvalue weighted by molar-refractivity contribution is 7.89. The predicted octanol–water partition coefficient (Wildman–Crippen LogP) is 4.69. The fourth-order valence-electron chi connectivity index (χ4n) is 3.00. The molecule has 2 aromatic rings. The third-order valence-electron chi connectivity index (χ3n) is 4.34. The Balaban J connectivity index is 1.73. The van der Waals surface area contributed by atoms with E-state index in [9.17, 15) is 13.2 Å². The molecule has 0 bridgehead atoms. The first-order valence-corrected chi connectivity index (χ1v) is 10.9. The van der Waals surface area contributed by atoms with E-state index in [0.29, 0.717) is 40.1 Å². The lowest BCUT2D eigenvalue weighted by Gasteiger charge is -2.31. The second-order valence-electron chi connectivity index (χ2n) is 6.30. The first-order valence-electron chi connectivity index (χ1n) is 8.28. The molecule has 1 aliphatic rings. The van der Waals surface area contributed by atoms with E-state index in [1.54, 1.807) is 18.2 Å². The van der Waals surface area contributed by atoms with Gasteiger partial charge in [0.25, 0.3) is 0 Å². The second-order valence-corrected chi connectivity index (χ2v) is 9.55. The summed E-state index contributed by atoms with van der Waals surface area (Å²) in [6.07, 6.45) is 1.20. The standard InChI is InChI=1S/C18H17Cl3N2O3S/c19-13-3-5-17(6-4-13)27(25,26)23-7-1-2-12(11-23)18(24)22-16-9-14(20)8-15(21)10-16/h3-6,8-10,12H,1-2,7,11H2,(H,22,24)/t12-/m0/s1. The zero-order valence-corrected chi connectivity index (χ0v) is 17.2. The van der Waals surface area contributed by atoms with Crippen LogP contribution in [0.2, 0.25) is 15.1 Å². The molecular weight excluding hydrogens is 431 g/mol. The van der Waals surface area contributed by atoms with Crippen molar-refractivity contribution in [2.45, 2.75) is 17.7 Å². The maximum atomic E-state index is 12.8. The molecule has 144 valence electrons. The zero-order valence-electron chi connectivity index (χ0n) is 14.2. The minimum atomic E-state index is -3.68. The number of anilines is 1. The van der Waals surface area contributed by atoms with Gasteiger partial charge in [-0.25, -0.2) is 8.42 Å². The molecule has 0 saturated carbocycles. The zero-order chi connectivity index (χ0) is 19.6. The Morgan fingerprint density at radius 1 is 1.00 bits per heavy atom. The van der Waals surface area contributed by atoms with Crippen LogP contribution in [0.25, 0.3) is 0 Å². The van der Waals surface area contributed by atoms with Crippen LogP contribution in [0.4, 0.5) is 5.69 Å². The molecule has 1 aliphatic heterocycles. The van der Waals surface area contributed by atoms with Gasteiger partial charge in [0.1, 0.15) is 0 Å². The number of benzene rings is 2. The molecule has 2 aromatic carbocycles. The van der Waals surface area contributed by atoms with Gasteiger partial charge < -0.3 is 5.32 Å². The van der Waals surface area contributed by atoms with Crippen LogP contribution in [-0.2, 0) is 14.8 Å². The van der Waals surface area contributed by atoms with E-state index >= 15 is 0 Å². The molecule has 9 heteroatoms. The first kappa shape index (κ1) is 20.4. The number of nitrogens with zero attached hydrogens (tertiary/aromatic N) is 1. The Labute approximate surface area is 173 Å². The molecular formula is C18H17Cl3N2O3S. The highest BCUT2D eigenvalue weighted by Crippen LogP contribution is 2.27. The molecule has 1 heterocycles. The van der Waals surface area contributed by atoms with Crippen molar-refractivity contribution in [3.63, 3.8) is 0 Å². The number of rotatable bonds is 4. The Morgan fingerprint density at radius 2 is 1.63 bits per heavy atom. The highest BCUT2D eigenvalue weighted by atomic mass is 35.5. The van der Waals surface area contributed by atoms with Gasteiger partial charge in [0.2, 0.25) is 15.9 Å². The van der Waals surface area contributed by atoms with Crippen molar-refractivity contribution in [1.29, 1.82) is 0 Å². The molecule has 3 rings (SSSR count). The molecule has 5 nitrogen and oxygen atoms in total. The molecule has 1 fully saturated rings. The summed E-state index contributed by atoms with van der Waals surface area (Å²) in [4.78, 5) is 12.8. The Kier molecular flexibility index (Phi) is 6.33.